The Balaban J connectivity index is 1.74. The van der Waals surface area contributed by atoms with Crippen molar-refractivity contribution in [2.75, 3.05) is 29.7 Å². The van der Waals surface area contributed by atoms with E-state index in [0.717, 1.165) is 27.7 Å². The molecule has 3 nitrogen and oxygen atoms in total. The standard InChI is InChI=1S/C24H23ClN2O/c1-16-7-9-17(10-8-16)11-12-23(28)27-15-18(14-25)24-20-6-4-3-5-19(20)21(26-2)13-22(24)27/h3-13,18,26H,14-15H2,1-2H3/b12-11+. The number of benzene rings is 3. The molecule has 3 aromatic rings. The summed E-state index contributed by atoms with van der Waals surface area (Å²) in [5.41, 5.74) is 5.36. The van der Waals surface area contributed by atoms with Crippen LogP contribution in [0.3, 0.4) is 0 Å². The Morgan fingerprint density at radius 2 is 1.89 bits per heavy atom. The summed E-state index contributed by atoms with van der Waals surface area (Å²) in [5.74, 6) is 0.595. The zero-order valence-electron chi connectivity index (χ0n) is 16.1. The minimum atomic E-state index is -0.0215. The topological polar surface area (TPSA) is 32.3 Å². The molecule has 0 aliphatic carbocycles. The Bertz CT molecular complexity index is 1060. The molecule has 1 N–H and O–H groups in total. The number of fused-ring (bicyclic) bond motifs is 3. The van der Waals surface area contributed by atoms with Crippen LogP contribution in [0.2, 0.25) is 0 Å². The highest BCUT2D eigenvalue weighted by atomic mass is 35.5. The van der Waals surface area contributed by atoms with Gasteiger partial charge in [-0.05, 0) is 35.6 Å². The molecule has 142 valence electrons. The maximum Gasteiger partial charge on any atom is 0.251 e. The van der Waals surface area contributed by atoms with E-state index in [2.05, 4.69) is 30.4 Å². The van der Waals surface area contributed by atoms with Gasteiger partial charge in [-0.1, -0.05) is 54.1 Å². The highest BCUT2D eigenvalue weighted by Crippen LogP contribution is 2.44. The van der Waals surface area contributed by atoms with Gasteiger partial charge in [-0.25, -0.2) is 0 Å². The van der Waals surface area contributed by atoms with E-state index in [1.54, 1.807) is 6.08 Å². The van der Waals surface area contributed by atoms with Gasteiger partial charge in [-0.3, -0.25) is 4.79 Å². The Morgan fingerprint density at radius 1 is 1.18 bits per heavy atom. The van der Waals surface area contributed by atoms with Crippen LogP contribution in [-0.4, -0.2) is 25.4 Å². The molecular weight excluding hydrogens is 368 g/mol. The fourth-order valence-electron chi connectivity index (χ4n) is 3.92. The number of amides is 1. The zero-order chi connectivity index (χ0) is 19.7. The van der Waals surface area contributed by atoms with Crippen LogP contribution in [0.15, 0.2) is 60.7 Å². The first-order chi connectivity index (χ1) is 13.6. The summed E-state index contributed by atoms with van der Waals surface area (Å²) in [6, 6.07) is 18.5. The maximum absolute atomic E-state index is 13.0. The minimum Gasteiger partial charge on any atom is -0.388 e. The van der Waals surface area contributed by atoms with Crippen molar-refractivity contribution < 1.29 is 4.79 Å². The largest absolute Gasteiger partial charge is 0.388 e. The average Bonchev–Trinajstić information content (AvgIpc) is 3.11. The smallest absolute Gasteiger partial charge is 0.251 e. The lowest BCUT2D eigenvalue weighted by Gasteiger charge is -2.18. The van der Waals surface area contributed by atoms with Crippen molar-refractivity contribution in [1.29, 1.82) is 0 Å². The van der Waals surface area contributed by atoms with Crippen LogP contribution < -0.4 is 10.2 Å². The van der Waals surface area contributed by atoms with Crippen molar-refractivity contribution >= 4 is 45.7 Å². The Kier molecular flexibility index (Phi) is 5.10. The van der Waals surface area contributed by atoms with Crippen molar-refractivity contribution in [2.24, 2.45) is 0 Å². The van der Waals surface area contributed by atoms with Crippen LogP contribution in [0.5, 0.6) is 0 Å². The molecule has 4 heteroatoms. The second-order valence-corrected chi connectivity index (χ2v) is 7.51. The Morgan fingerprint density at radius 3 is 2.57 bits per heavy atom. The molecule has 0 saturated carbocycles. The van der Waals surface area contributed by atoms with Crippen LogP contribution in [0, 0.1) is 6.92 Å². The minimum absolute atomic E-state index is 0.0215. The number of anilines is 2. The Labute approximate surface area is 170 Å². The summed E-state index contributed by atoms with van der Waals surface area (Å²) in [6.45, 7) is 2.66. The predicted molar refractivity (Wildman–Crippen MR) is 120 cm³/mol. The number of alkyl halides is 1. The molecule has 0 fully saturated rings. The summed E-state index contributed by atoms with van der Waals surface area (Å²) in [4.78, 5) is 14.9. The van der Waals surface area contributed by atoms with Crippen molar-refractivity contribution in [3.63, 3.8) is 0 Å². The number of halogens is 1. The van der Waals surface area contributed by atoms with Crippen LogP contribution in [0.1, 0.15) is 22.6 Å². The van der Waals surface area contributed by atoms with E-state index in [-0.39, 0.29) is 11.8 Å². The number of carbonyl (C=O) groups is 1. The van der Waals surface area contributed by atoms with Gasteiger partial charge < -0.3 is 10.2 Å². The summed E-state index contributed by atoms with van der Waals surface area (Å²) in [6.07, 6.45) is 3.52. The average molecular weight is 391 g/mol. The van der Waals surface area contributed by atoms with E-state index in [1.165, 1.54) is 11.1 Å². The normalized spacial score (nSPS) is 16.0. The maximum atomic E-state index is 13.0. The van der Waals surface area contributed by atoms with Crippen LogP contribution in [0.4, 0.5) is 11.4 Å². The molecule has 4 rings (SSSR count). The van der Waals surface area contributed by atoms with E-state index in [9.17, 15) is 4.79 Å². The molecule has 1 unspecified atom stereocenters. The van der Waals surface area contributed by atoms with E-state index in [4.69, 9.17) is 11.6 Å². The van der Waals surface area contributed by atoms with E-state index < -0.39 is 0 Å². The van der Waals surface area contributed by atoms with Crippen LogP contribution in [0.25, 0.3) is 16.8 Å². The number of hydrogen-bond donors (Lipinski definition) is 1. The molecule has 0 spiro atoms. The predicted octanol–water partition coefficient (Wildman–Crippen LogP) is 5.57. The van der Waals surface area contributed by atoms with Crippen molar-refractivity contribution in [3.05, 3.63) is 77.4 Å². The summed E-state index contributed by atoms with van der Waals surface area (Å²) < 4.78 is 0. The van der Waals surface area contributed by atoms with Gasteiger partial charge in [0.15, 0.2) is 0 Å². The van der Waals surface area contributed by atoms with Gasteiger partial charge in [0.2, 0.25) is 0 Å². The van der Waals surface area contributed by atoms with Crippen molar-refractivity contribution in [1.82, 2.24) is 0 Å². The third-order valence-corrected chi connectivity index (χ3v) is 5.76. The van der Waals surface area contributed by atoms with E-state index in [0.29, 0.717) is 12.4 Å². The molecule has 0 saturated heterocycles. The van der Waals surface area contributed by atoms with Crippen LogP contribution >= 0.6 is 11.6 Å². The number of rotatable bonds is 4. The third-order valence-electron chi connectivity index (χ3n) is 5.38. The fraction of sp³-hybridized carbons (Fsp3) is 0.208. The lowest BCUT2D eigenvalue weighted by molar-refractivity contribution is -0.114. The molecule has 0 aromatic heterocycles. The van der Waals surface area contributed by atoms with E-state index >= 15 is 0 Å². The van der Waals surface area contributed by atoms with Gasteiger partial charge in [0.1, 0.15) is 0 Å². The SMILES string of the molecule is CNc1cc2c(c3ccccc13)C(CCl)CN2C(=O)/C=C/c1ccc(C)cc1. The molecule has 3 aromatic carbocycles. The molecule has 1 aliphatic rings. The first-order valence-electron chi connectivity index (χ1n) is 9.48. The third kappa shape index (κ3) is 3.27. The second-order valence-electron chi connectivity index (χ2n) is 7.20. The molecule has 1 aliphatic heterocycles. The molecule has 1 atom stereocenters. The molecule has 0 bridgehead atoms. The van der Waals surface area contributed by atoms with Crippen LogP contribution in [-0.2, 0) is 4.79 Å². The number of carbonyl (C=O) groups excluding carboxylic acids is 1. The first kappa shape index (κ1) is 18.6. The number of nitrogens with zero attached hydrogens (tertiary/aromatic N) is 1. The van der Waals surface area contributed by atoms with Gasteiger partial charge in [0, 0.05) is 42.5 Å². The summed E-state index contributed by atoms with van der Waals surface area (Å²) in [7, 11) is 1.91. The summed E-state index contributed by atoms with van der Waals surface area (Å²) in [5, 5.41) is 5.58. The van der Waals surface area contributed by atoms with Gasteiger partial charge in [-0.2, -0.15) is 0 Å². The van der Waals surface area contributed by atoms with Gasteiger partial charge in [0.25, 0.3) is 5.91 Å². The molecular formula is C24H23ClN2O. The number of nitrogens with one attached hydrogen (secondary N) is 1. The second kappa shape index (κ2) is 7.69. The highest BCUT2D eigenvalue weighted by molar-refractivity contribution is 6.19. The van der Waals surface area contributed by atoms with E-state index in [1.807, 2.05) is 54.4 Å². The first-order valence-corrected chi connectivity index (χ1v) is 10.0. The lowest BCUT2D eigenvalue weighted by Crippen LogP contribution is -2.28. The highest BCUT2D eigenvalue weighted by Gasteiger charge is 2.33. The summed E-state index contributed by atoms with van der Waals surface area (Å²) >= 11 is 6.30. The van der Waals surface area contributed by atoms with Gasteiger partial charge >= 0.3 is 0 Å². The number of aryl methyl sites for hydroxylation is 1. The van der Waals surface area contributed by atoms with Gasteiger partial charge in [-0.15, -0.1) is 11.6 Å². The molecule has 1 heterocycles. The molecule has 1 amide bonds. The van der Waals surface area contributed by atoms with Crippen molar-refractivity contribution in [3.8, 4) is 0 Å². The zero-order valence-corrected chi connectivity index (χ0v) is 16.8. The monoisotopic (exact) mass is 390 g/mol. The van der Waals surface area contributed by atoms with Crippen molar-refractivity contribution in [2.45, 2.75) is 12.8 Å². The number of hydrogen-bond acceptors (Lipinski definition) is 2. The molecule has 0 radical (unpaired) electrons. The fourth-order valence-corrected chi connectivity index (χ4v) is 4.17. The molecule has 28 heavy (non-hydrogen) atoms. The lowest BCUT2D eigenvalue weighted by atomic mass is 9.95. The quantitative estimate of drug-likeness (QED) is 0.466. The van der Waals surface area contributed by atoms with Gasteiger partial charge in [0.05, 0.1) is 5.69 Å². The Hall–Kier alpha value is -2.78.